The Kier molecular flexibility index (Phi) is 4.09. The Balaban J connectivity index is 2.33. The topological polar surface area (TPSA) is 35.5 Å². The van der Waals surface area contributed by atoms with E-state index in [0.717, 1.165) is 16.9 Å². The minimum Gasteiger partial charge on any atom is -0.497 e. The average Bonchev–Trinajstić information content (AvgIpc) is 3.01. The van der Waals surface area contributed by atoms with Crippen molar-refractivity contribution in [3.05, 3.63) is 35.4 Å². The molecule has 4 heteroatoms. The van der Waals surface area contributed by atoms with Crippen LogP contribution in [0.1, 0.15) is 19.4 Å². The van der Waals surface area contributed by atoms with E-state index >= 15 is 0 Å². The van der Waals surface area contributed by atoms with Crippen molar-refractivity contribution in [1.29, 1.82) is 0 Å². The quantitative estimate of drug-likeness (QED) is 0.794. The van der Waals surface area contributed by atoms with E-state index in [4.69, 9.17) is 21.1 Å². The molecule has 0 aliphatic heterocycles. The van der Waals surface area contributed by atoms with Gasteiger partial charge in [-0.3, -0.25) is 4.79 Å². The van der Waals surface area contributed by atoms with Crippen LogP contribution in [0.2, 0.25) is 0 Å². The van der Waals surface area contributed by atoms with E-state index in [1.165, 1.54) is 7.11 Å². The van der Waals surface area contributed by atoms with Crippen LogP contribution < -0.4 is 4.74 Å². The lowest BCUT2D eigenvalue weighted by Gasteiger charge is -2.09. The van der Waals surface area contributed by atoms with Gasteiger partial charge in [0.05, 0.1) is 20.1 Å². The fourth-order valence-electron chi connectivity index (χ4n) is 2.90. The number of esters is 1. The first-order chi connectivity index (χ1) is 9.47. The number of benzene rings is 1. The Morgan fingerprint density at radius 3 is 2.55 bits per heavy atom. The number of rotatable bonds is 4. The van der Waals surface area contributed by atoms with Crippen molar-refractivity contribution in [3.63, 3.8) is 0 Å². The molecule has 1 aromatic carbocycles. The predicted octanol–water partition coefficient (Wildman–Crippen LogP) is 3.72. The number of halogens is 1. The molecule has 108 valence electrons. The van der Waals surface area contributed by atoms with Gasteiger partial charge in [0.25, 0.3) is 0 Å². The number of hydrogen-bond acceptors (Lipinski definition) is 3. The third kappa shape index (κ3) is 2.42. The first-order valence-electron chi connectivity index (χ1n) is 6.50. The summed E-state index contributed by atoms with van der Waals surface area (Å²) in [7, 11) is 3.05. The van der Waals surface area contributed by atoms with Crippen LogP contribution >= 0.6 is 11.6 Å². The molecule has 0 aromatic heterocycles. The van der Waals surface area contributed by atoms with Crippen molar-refractivity contribution in [2.75, 3.05) is 14.2 Å². The second-order valence-corrected chi connectivity index (χ2v) is 5.81. The molecule has 20 heavy (non-hydrogen) atoms. The van der Waals surface area contributed by atoms with Crippen LogP contribution in [-0.2, 0) is 9.53 Å². The Morgan fingerprint density at radius 2 is 2.00 bits per heavy atom. The Morgan fingerprint density at radius 1 is 1.30 bits per heavy atom. The number of carbonyl (C=O) groups is 1. The molecule has 1 saturated carbocycles. The van der Waals surface area contributed by atoms with Gasteiger partial charge in [0.1, 0.15) is 5.75 Å². The Hall–Kier alpha value is -1.48. The summed E-state index contributed by atoms with van der Waals surface area (Å²) in [6.45, 7) is 4.11. The fourth-order valence-corrected chi connectivity index (χ4v) is 3.16. The molecule has 0 heterocycles. The van der Waals surface area contributed by atoms with Crippen molar-refractivity contribution in [3.8, 4) is 5.75 Å². The zero-order valence-corrected chi connectivity index (χ0v) is 12.9. The molecule has 0 amide bonds. The van der Waals surface area contributed by atoms with Crippen LogP contribution in [0.15, 0.2) is 29.8 Å². The van der Waals surface area contributed by atoms with E-state index in [1.807, 2.05) is 24.3 Å². The number of hydrogen-bond donors (Lipinski definition) is 0. The number of methoxy groups -OCH3 is 2. The molecular weight excluding hydrogens is 276 g/mol. The molecule has 0 bridgehead atoms. The molecule has 1 aliphatic rings. The van der Waals surface area contributed by atoms with E-state index in [1.54, 1.807) is 12.6 Å². The molecule has 1 fully saturated rings. The maximum atomic E-state index is 11.9. The monoisotopic (exact) mass is 294 g/mol. The fraction of sp³-hybridized carbons (Fsp3) is 0.438. The van der Waals surface area contributed by atoms with Crippen LogP contribution in [-0.4, -0.2) is 20.2 Å². The van der Waals surface area contributed by atoms with Gasteiger partial charge in [-0.05, 0) is 28.7 Å². The van der Waals surface area contributed by atoms with Crippen molar-refractivity contribution in [2.24, 2.45) is 17.3 Å². The van der Waals surface area contributed by atoms with Gasteiger partial charge >= 0.3 is 5.97 Å². The minimum absolute atomic E-state index is 0.0690. The average molecular weight is 295 g/mol. The largest absolute Gasteiger partial charge is 0.497 e. The van der Waals surface area contributed by atoms with Gasteiger partial charge in [-0.2, -0.15) is 0 Å². The zero-order chi connectivity index (χ0) is 14.9. The van der Waals surface area contributed by atoms with Gasteiger partial charge in [-0.1, -0.05) is 37.6 Å². The smallest absolute Gasteiger partial charge is 0.309 e. The first-order valence-corrected chi connectivity index (χ1v) is 6.93. The van der Waals surface area contributed by atoms with Crippen molar-refractivity contribution in [2.45, 2.75) is 13.8 Å². The van der Waals surface area contributed by atoms with E-state index < -0.39 is 0 Å². The Bertz CT molecular complexity index is 548. The highest BCUT2D eigenvalue weighted by molar-refractivity contribution is 6.28. The van der Waals surface area contributed by atoms with Crippen LogP contribution in [0, 0.1) is 17.3 Å². The van der Waals surface area contributed by atoms with E-state index in [0.29, 0.717) is 0 Å². The lowest BCUT2D eigenvalue weighted by Crippen LogP contribution is -2.07. The molecule has 3 nitrogen and oxygen atoms in total. The molecular formula is C16H19ClO3. The summed E-state index contributed by atoms with van der Waals surface area (Å²) in [5, 5.41) is 0. The number of ether oxygens (including phenoxy) is 2. The second kappa shape index (κ2) is 5.49. The normalized spacial score (nSPS) is 24.1. The van der Waals surface area contributed by atoms with Crippen LogP contribution in [0.3, 0.4) is 0 Å². The zero-order valence-electron chi connectivity index (χ0n) is 12.1. The van der Waals surface area contributed by atoms with Gasteiger partial charge in [-0.15, -0.1) is 0 Å². The van der Waals surface area contributed by atoms with Crippen molar-refractivity contribution >= 4 is 23.1 Å². The van der Waals surface area contributed by atoms with Crippen LogP contribution in [0.25, 0.3) is 5.57 Å². The van der Waals surface area contributed by atoms with E-state index in [2.05, 4.69) is 13.8 Å². The third-order valence-electron chi connectivity index (χ3n) is 4.14. The molecule has 0 spiro atoms. The van der Waals surface area contributed by atoms with Crippen LogP contribution in [0.5, 0.6) is 5.75 Å². The van der Waals surface area contributed by atoms with Crippen molar-refractivity contribution < 1.29 is 14.3 Å². The van der Waals surface area contributed by atoms with Crippen LogP contribution in [0.4, 0.5) is 0 Å². The summed E-state index contributed by atoms with van der Waals surface area (Å²) in [5.74, 6) is 0.508. The summed E-state index contributed by atoms with van der Waals surface area (Å²) in [6, 6.07) is 7.69. The third-order valence-corrected chi connectivity index (χ3v) is 4.37. The van der Waals surface area contributed by atoms with Gasteiger partial charge in [-0.25, -0.2) is 0 Å². The summed E-state index contributed by atoms with van der Waals surface area (Å²) < 4.78 is 10.1. The SMILES string of the molecule is COC(=O)C1C(C(=CCl)c2cccc(OC)c2)C1(C)C. The minimum atomic E-state index is -0.182. The molecule has 2 unspecified atom stereocenters. The van der Waals surface area contributed by atoms with Gasteiger partial charge < -0.3 is 9.47 Å². The molecule has 0 radical (unpaired) electrons. The molecule has 1 aliphatic carbocycles. The number of allylic oxidation sites excluding steroid dienone is 1. The van der Waals surface area contributed by atoms with Gasteiger partial charge in [0.2, 0.25) is 0 Å². The van der Waals surface area contributed by atoms with E-state index in [9.17, 15) is 4.79 Å². The van der Waals surface area contributed by atoms with E-state index in [-0.39, 0.29) is 23.2 Å². The molecule has 0 N–H and O–H groups in total. The maximum absolute atomic E-state index is 11.9. The highest BCUT2D eigenvalue weighted by atomic mass is 35.5. The standard InChI is InChI=1S/C16H19ClO3/c1-16(2)13(14(16)15(18)20-4)12(9-17)10-6-5-7-11(8-10)19-3/h5-9,13-14H,1-4H3. The summed E-state index contributed by atoms with van der Waals surface area (Å²) in [5.41, 5.74) is 3.34. The molecule has 2 atom stereocenters. The molecule has 0 saturated heterocycles. The highest BCUT2D eigenvalue weighted by Crippen LogP contribution is 2.64. The second-order valence-electron chi connectivity index (χ2n) is 5.60. The van der Waals surface area contributed by atoms with Gasteiger partial charge in [0, 0.05) is 11.5 Å². The lowest BCUT2D eigenvalue weighted by atomic mass is 9.98. The number of carbonyl (C=O) groups excluding carboxylic acids is 1. The Labute approximate surface area is 124 Å². The lowest BCUT2D eigenvalue weighted by molar-refractivity contribution is -0.143. The molecule has 2 rings (SSSR count). The van der Waals surface area contributed by atoms with Gasteiger partial charge in [0.15, 0.2) is 0 Å². The highest BCUT2D eigenvalue weighted by Gasteiger charge is 2.63. The summed E-state index contributed by atoms with van der Waals surface area (Å²) in [6.07, 6.45) is 0. The summed E-state index contributed by atoms with van der Waals surface area (Å²) in [4.78, 5) is 11.9. The summed E-state index contributed by atoms with van der Waals surface area (Å²) >= 11 is 6.02. The predicted molar refractivity (Wildman–Crippen MR) is 79.6 cm³/mol. The van der Waals surface area contributed by atoms with Crippen molar-refractivity contribution in [1.82, 2.24) is 0 Å². The molecule has 1 aromatic rings. The maximum Gasteiger partial charge on any atom is 0.309 e. The first kappa shape index (κ1) is 14.9.